The zero-order chi connectivity index (χ0) is 16.3. The highest BCUT2D eigenvalue weighted by Crippen LogP contribution is 2.48. The monoisotopic (exact) mass is 327 g/mol. The summed E-state index contributed by atoms with van der Waals surface area (Å²) in [7, 11) is 0. The first-order valence-corrected chi connectivity index (χ1v) is 9.40. The number of rotatable bonds is 1. The highest BCUT2D eigenvalue weighted by molar-refractivity contribution is 5.83. The third kappa shape index (κ3) is 2.30. The van der Waals surface area contributed by atoms with E-state index in [1.807, 2.05) is 31.2 Å². The molecule has 0 N–H and O–H groups in total. The Hall–Kier alpha value is -1.71. The number of fused-ring (bicyclic) bond motifs is 2. The van der Waals surface area contributed by atoms with Gasteiger partial charge in [-0.15, -0.1) is 0 Å². The van der Waals surface area contributed by atoms with E-state index in [0.29, 0.717) is 17.7 Å². The molecular weight excluding hydrogens is 302 g/mol. The molecule has 5 aliphatic rings. The summed E-state index contributed by atoms with van der Waals surface area (Å²) in [4.78, 5) is 15.5. The Morgan fingerprint density at radius 2 is 1.58 bits per heavy atom. The van der Waals surface area contributed by atoms with Gasteiger partial charge >= 0.3 is 0 Å². The third-order valence-electron chi connectivity index (χ3n) is 6.48. The molecule has 6 rings (SSSR count). The smallest absolute Gasteiger partial charge is 0.267 e. The van der Waals surface area contributed by atoms with Gasteiger partial charge in [-0.05, 0) is 68.9 Å². The number of nitrogens with zero attached hydrogens (tertiary/aromatic N) is 1. The zero-order valence-electron chi connectivity index (χ0n) is 14.2. The summed E-state index contributed by atoms with van der Waals surface area (Å²) in [5.41, 5.74) is 0. The van der Waals surface area contributed by atoms with E-state index >= 15 is 0 Å². The molecule has 2 saturated heterocycles. The second-order valence-corrected chi connectivity index (χ2v) is 8.23. The molecule has 0 spiro atoms. The van der Waals surface area contributed by atoms with Crippen molar-refractivity contribution in [1.29, 1.82) is 0 Å². The van der Waals surface area contributed by atoms with Crippen LogP contribution in [0.4, 0.5) is 0 Å². The van der Waals surface area contributed by atoms with Crippen LogP contribution >= 0.6 is 0 Å². The lowest BCUT2D eigenvalue weighted by atomic mass is 9.68. The van der Waals surface area contributed by atoms with Crippen LogP contribution in [0.5, 0.6) is 11.5 Å². The van der Waals surface area contributed by atoms with Crippen LogP contribution in [-0.4, -0.2) is 35.6 Å². The van der Waals surface area contributed by atoms with E-state index in [-0.39, 0.29) is 12.0 Å². The maximum absolute atomic E-state index is 13.3. The minimum atomic E-state index is -0.518. The first-order valence-electron chi connectivity index (χ1n) is 9.40. The summed E-state index contributed by atoms with van der Waals surface area (Å²) in [5.74, 6) is 3.94. The molecule has 2 aliphatic carbocycles. The summed E-state index contributed by atoms with van der Waals surface area (Å²) in [6.45, 7) is 2.87. The Morgan fingerprint density at radius 1 is 0.958 bits per heavy atom. The van der Waals surface area contributed by atoms with Gasteiger partial charge in [-0.25, -0.2) is 0 Å². The number of carbonyl (C=O) groups excluding carboxylic acids is 1. The van der Waals surface area contributed by atoms with Crippen molar-refractivity contribution in [3.05, 3.63) is 24.3 Å². The van der Waals surface area contributed by atoms with Gasteiger partial charge in [0.05, 0.1) is 0 Å². The maximum atomic E-state index is 13.3. The fraction of sp³-hybridized carbons (Fsp3) is 0.650. The number of para-hydroxylation sites is 2. The van der Waals surface area contributed by atoms with E-state index in [9.17, 15) is 4.79 Å². The number of benzene rings is 1. The first kappa shape index (κ1) is 14.6. The van der Waals surface area contributed by atoms with E-state index in [0.717, 1.165) is 24.1 Å². The number of hydrogen-bond acceptors (Lipinski definition) is 3. The average Bonchev–Trinajstić information content (AvgIpc) is 2.77. The molecule has 2 unspecified atom stereocenters. The molecule has 1 aromatic rings. The first-order chi connectivity index (χ1) is 11.7. The van der Waals surface area contributed by atoms with Crippen LogP contribution in [0.1, 0.15) is 39.0 Å². The van der Waals surface area contributed by atoms with Gasteiger partial charge in [0.25, 0.3) is 5.91 Å². The molecule has 1 amide bonds. The van der Waals surface area contributed by atoms with E-state index < -0.39 is 6.10 Å². The second-order valence-electron chi connectivity index (χ2n) is 8.23. The van der Waals surface area contributed by atoms with Crippen molar-refractivity contribution in [2.24, 2.45) is 17.8 Å². The normalized spacial score (nSPS) is 39.6. The Morgan fingerprint density at radius 3 is 2.29 bits per heavy atom. The molecular formula is C20H25NO3. The predicted molar refractivity (Wildman–Crippen MR) is 90.0 cm³/mol. The molecule has 1 aromatic carbocycles. The lowest BCUT2D eigenvalue weighted by Gasteiger charge is -2.40. The number of hydrogen-bond donors (Lipinski definition) is 0. The topological polar surface area (TPSA) is 38.8 Å². The van der Waals surface area contributed by atoms with Gasteiger partial charge in [0.15, 0.2) is 11.5 Å². The Balaban J connectivity index is 1.40. The summed E-state index contributed by atoms with van der Waals surface area (Å²) >= 11 is 0. The molecule has 4 bridgehead atoms. The molecule has 4 fully saturated rings. The number of amides is 1. The van der Waals surface area contributed by atoms with Gasteiger partial charge in [0.2, 0.25) is 6.10 Å². The van der Waals surface area contributed by atoms with Crippen LogP contribution in [0.2, 0.25) is 0 Å². The van der Waals surface area contributed by atoms with Gasteiger partial charge in [0.1, 0.15) is 6.10 Å². The molecule has 2 saturated carbocycles. The summed E-state index contributed by atoms with van der Waals surface area (Å²) in [6, 6.07) is 8.06. The van der Waals surface area contributed by atoms with Crippen LogP contribution in [0.3, 0.4) is 0 Å². The predicted octanol–water partition coefficient (Wildman–Crippen LogP) is 3.25. The van der Waals surface area contributed by atoms with E-state index in [1.54, 1.807) is 0 Å². The SMILES string of the molecule is C[C@H]1Oc2ccccc2O[C@@H]1C(=O)N1CC2C[C@@H]3CC1C[C@H](C2)C3. The minimum absolute atomic E-state index is 0.134. The quantitative estimate of drug-likeness (QED) is 0.795. The van der Waals surface area contributed by atoms with Crippen molar-refractivity contribution in [1.82, 2.24) is 4.90 Å². The number of ether oxygens (including phenoxy) is 2. The Labute approximate surface area is 143 Å². The van der Waals surface area contributed by atoms with Crippen molar-refractivity contribution < 1.29 is 14.3 Å². The van der Waals surface area contributed by atoms with E-state index in [2.05, 4.69) is 4.90 Å². The Kier molecular flexibility index (Phi) is 3.29. The molecule has 4 heteroatoms. The highest BCUT2D eigenvalue weighted by Gasteiger charge is 2.47. The molecule has 0 aromatic heterocycles. The molecule has 4 nitrogen and oxygen atoms in total. The van der Waals surface area contributed by atoms with Crippen LogP contribution in [0.15, 0.2) is 24.3 Å². The minimum Gasteiger partial charge on any atom is -0.482 e. The molecule has 0 radical (unpaired) electrons. The van der Waals surface area contributed by atoms with Crippen LogP contribution in [0, 0.1) is 17.8 Å². The molecule has 3 heterocycles. The molecule has 6 atom stereocenters. The zero-order valence-corrected chi connectivity index (χ0v) is 14.2. The molecule has 128 valence electrons. The molecule has 24 heavy (non-hydrogen) atoms. The lowest BCUT2D eigenvalue weighted by Crippen LogP contribution is -2.54. The van der Waals surface area contributed by atoms with Gasteiger partial charge in [-0.1, -0.05) is 12.1 Å². The van der Waals surface area contributed by atoms with Gasteiger partial charge in [-0.2, -0.15) is 0 Å². The van der Waals surface area contributed by atoms with Crippen LogP contribution < -0.4 is 9.47 Å². The van der Waals surface area contributed by atoms with Crippen LogP contribution in [0.25, 0.3) is 0 Å². The van der Waals surface area contributed by atoms with Crippen molar-refractivity contribution >= 4 is 5.91 Å². The van der Waals surface area contributed by atoms with Gasteiger partial charge < -0.3 is 14.4 Å². The van der Waals surface area contributed by atoms with E-state index in [1.165, 1.54) is 32.1 Å². The van der Waals surface area contributed by atoms with Gasteiger partial charge in [0, 0.05) is 12.6 Å². The fourth-order valence-corrected chi connectivity index (χ4v) is 5.61. The van der Waals surface area contributed by atoms with Crippen molar-refractivity contribution in [3.8, 4) is 11.5 Å². The summed E-state index contributed by atoms with van der Waals surface area (Å²) in [6.07, 6.45) is 5.64. The average molecular weight is 327 g/mol. The van der Waals surface area contributed by atoms with Crippen LogP contribution in [-0.2, 0) is 4.79 Å². The fourth-order valence-electron chi connectivity index (χ4n) is 5.61. The summed E-state index contributed by atoms with van der Waals surface area (Å²) in [5, 5.41) is 0. The Bertz CT molecular complexity index is 646. The van der Waals surface area contributed by atoms with Crippen molar-refractivity contribution in [2.45, 2.75) is 57.3 Å². The third-order valence-corrected chi connectivity index (χ3v) is 6.48. The number of carbonyl (C=O) groups is 1. The van der Waals surface area contributed by atoms with Gasteiger partial charge in [-0.3, -0.25) is 4.79 Å². The van der Waals surface area contributed by atoms with E-state index in [4.69, 9.17) is 9.47 Å². The molecule has 3 aliphatic heterocycles. The van der Waals surface area contributed by atoms with Crippen molar-refractivity contribution in [2.75, 3.05) is 6.54 Å². The largest absolute Gasteiger partial charge is 0.482 e. The second kappa shape index (κ2) is 5.40. The maximum Gasteiger partial charge on any atom is 0.267 e. The highest BCUT2D eigenvalue weighted by atomic mass is 16.6. The van der Waals surface area contributed by atoms with Crippen molar-refractivity contribution in [3.63, 3.8) is 0 Å². The lowest BCUT2D eigenvalue weighted by molar-refractivity contribution is -0.147. The summed E-state index contributed by atoms with van der Waals surface area (Å²) < 4.78 is 12.0. The standard InChI is InChI=1S/C20H25NO3/c1-12-19(24-18-5-3-2-4-17(18)23-12)20(22)21-11-15-7-13-6-14(8-15)10-16(21)9-13/h2-5,12-16,19H,6-11H2,1H3/t12-,13-,14+,15?,16?,19+/m1/s1.